The van der Waals surface area contributed by atoms with E-state index < -0.39 is 11.9 Å². The SMILES string of the molecule is CCOc1cccc([C@H]2c3c(oc4ccccc4c3=O)C(=O)N2c2nc(C)c(C(C)=O)s2)c1. The quantitative estimate of drug-likeness (QED) is 0.393. The number of thiazole rings is 1. The van der Waals surface area contributed by atoms with Crippen molar-refractivity contribution in [3.05, 3.63) is 86.2 Å². The van der Waals surface area contributed by atoms with E-state index >= 15 is 0 Å². The van der Waals surface area contributed by atoms with Crippen LogP contribution in [0.5, 0.6) is 5.75 Å². The first-order chi connectivity index (χ1) is 15.9. The smallest absolute Gasteiger partial charge is 0.297 e. The predicted octanol–water partition coefficient (Wildman–Crippen LogP) is 4.91. The zero-order chi connectivity index (χ0) is 23.3. The highest BCUT2D eigenvalue weighted by Gasteiger charge is 2.45. The topological polar surface area (TPSA) is 89.7 Å². The lowest BCUT2D eigenvalue weighted by Crippen LogP contribution is -2.29. The normalized spacial score (nSPS) is 15.2. The molecule has 0 aliphatic carbocycles. The van der Waals surface area contributed by atoms with Crippen LogP contribution in [0.15, 0.2) is 57.7 Å². The molecular weight excluding hydrogens is 440 g/mol. The van der Waals surface area contributed by atoms with Gasteiger partial charge in [0.05, 0.1) is 34.2 Å². The van der Waals surface area contributed by atoms with Crippen molar-refractivity contribution < 1.29 is 18.7 Å². The number of ether oxygens (including phenoxy) is 1. The lowest BCUT2D eigenvalue weighted by molar-refractivity contribution is 0.0969. The van der Waals surface area contributed by atoms with Gasteiger partial charge in [-0.1, -0.05) is 35.6 Å². The van der Waals surface area contributed by atoms with Gasteiger partial charge in [-0.05, 0) is 43.7 Å². The van der Waals surface area contributed by atoms with Crippen LogP contribution < -0.4 is 15.1 Å². The van der Waals surface area contributed by atoms with Crippen LogP contribution in [0.1, 0.15) is 56.9 Å². The lowest BCUT2D eigenvalue weighted by atomic mass is 9.98. The lowest BCUT2D eigenvalue weighted by Gasteiger charge is -2.23. The molecule has 0 unspecified atom stereocenters. The van der Waals surface area contributed by atoms with Crippen molar-refractivity contribution in [2.75, 3.05) is 11.5 Å². The molecule has 4 aromatic rings. The molecule has 0 radical (unpaired) electrons. The first kappa shape index (κ1) is 21.1. The average molecular weight is 461 g/mol. The minimum atomic E-state index is -0.765. The summed E-state index contributed by atoms with van der Waals surface area (Å²) >= 11 is 1.13. The fourth-order valence-corrected chi connectivity index (χ4v) is 5.17. The van der Waals surface area contributed by atoms with E-state index in [4.69, 9.17) is 9.15 Å². The molecule has 0 saturated heterocycles. The molecule has 0 bridgehead atoms. The van der Waals surface area contributed by atoms with Gasteiger partial charge in [0.25, 0.3) is 5.91 Å². The van der Waals surface area contributed by atoms with E-state index in [2.05, 4.69) is 4.98 Å². The molecule has 3 heterocycles. The molecule has 1 atom stereocenters. The highest BCUT2D eigenvalue weighted by Crippen LogP contribution is 2.43. The number of amides is 1. The molecule has 2 aromatic heterocycles. The van der Waals surface area contributed by atoms with Crippen molar-refractivity contribution in [1.29, 1.82) is 0 Å². The number of aromatic nitrogens is 1. The minimum Gasteiger partial charge on any atom is -0.494 e. The molecule has 1 amide bonds. The number of hydrogen-bond donors (Lipinski definition) is 0. The molecule has 0 saturated carbocycles. The Morgan fingerprint density at radius 3 is 2.70 bits per heavy atom. The zero-order valence-corrected chi connectivity index (χ0v) is 19.1. The summed E-state index contributed by atoms with van der Waals surface area (Å²) in [5.41, 5.74) is 1.56. The number of ketones is 1. The Labute approximate surface area is 193 Å². The van der Waals surface area contributed by atoms with E-state index in [0.29, 0.717) is 44.6 Å². The Bertz CT molecular complexity index is 1490. The van der Waals surface area contributed by atoms with Gasteiger partial charge < -0.3 is 9.15 Å². The first-order valence-corrected chi connectivity index (χ1v) is 11.3. The van der Waals surface area contributed by atoms with Gasteiger partial charge in [0.1, 0.15) is 11.3 Å². The second-order valence-corrected chi connectivity index (χ2v) is 8.70. The third kappa shape index (κ3) is 3.34. The van der Waals surface area contributed by atoms with Gasteiger partial charge in [-0.25, -0.2) is 4.98 Å². The number of hydrogen-bond acceptors (Lipinski definition) is 7. The molecule has 0 fully saturated rings. The highest BCUT2D eigenvalue weighted by molar-refractivity contribution is 7.17. The van der Waals surface area contributed by atoms with E-state index in [1.807, 2.05) is 31.2 Å². The maximum absolute atomic E-state index is 13.6. The number of para-hydroxylation sites is 1. The Balaban J connectivity index is 1.78. The summed E-state index contributed by atoms with van der Waals surface area (Å²) in [5, 5.41) is 0.737. The summed E-state index contributed by atoms with van der Waals surface area (Å²) in [6.45, 7) is 5.56. The maximum Gasteiger partial charge on any atom is 0.297 e. The second kappa shape index (κ2) is 7.97. The van der Waals surface area contributed by atoms with Crippen LogP contribution in [0, 0.1) is 6.92 Å². The van der Waals surface area contributed by atoms with Crippen molar-refractivity contribution in [2.24, 2.45) is 0 Å². The Morgan fingerprint density at radius 1 is 1.18 bits per heavy atom. The van der Waals surface area contributed by atoms with Gasteiger partial charge in [-0.2, -0.15) is 0 Å². The van der Waals surface area contributed by atoms with Crippen molar-refractivity contribution in [3.8, 4) is 5.75 Å². The predicted molar refractivity (Wildman–Crippen MR) is 126 cm³/mol. The van der Waals surface area contributed by atoms with Crippen LogP contribution in [-0.4, -0.2) is 23.3 Å². The van der Waals surface area contributed by atoms with Crippen LogP contribution in [-0.2, 0) is 0 Å². The number of aryl methyl sites for hydroxylation is 1. The van der Waals surface area contributed by atoms with Crippen LogP contribution in [0.3, 0.4) is 0 Å². The number of Topliss-reactive ketones (excluding diaryl/α,β-unsaturated/α-hetero) is 1. The maximum atomic E-state index is 13.6. The Kier molecular flexibility index (Phi) is 5.09. The number of carbonyl (C=O) groups excluding carboxylic acids is 2. The molecule has 1 aliphatic rings. The molecule has 8 heteroatoms. The number of benzene rings is 2. The summed E-state index contributed by atoms with van der Waals surface area (Å²) < 4.78 is 11.6. The first-order valence-electron chi connectivity index (χ1n) is 10.5. The van der Waals surface area contributed by atoms with Crippen LogP contribution in [0.25, 0.3) is 11.0 Å². The standard InChI is InChI=1S/C25H20N2O5S/c1-4-31-16-9-7-8-15(12-16)20-19-21(29)17-10-5-6-11-18(17)32-22(19)24(30)27(20)25-26-13(2)23(33-25)14(3)28/h5-12,20H,4H2,1-3H3/t20-/m0/s1. The zero-order valence-electron chi connectivity index (χ0n) is 18.2. The molecule has 2 aromatic carbocycles. The van der Waals surface area contributed by atoms with Crippen LogP contribution in [0.4, 0.5) is 5.13 Å². The largest absolute Gasteiger partial charge is 0.494 e. The molecule has 5 rings (SSSR count). The van der Waals surface area contributed by atoms with E-state index in [1.165, 1.54) is 11.8 Å². The third-order valence-corrected chi connectivity index (χ3v) is 6.83. The minimum absolute atomic E-state index is 0.0114. The number of nitrogens with zero attached hydrogens (tertiary/aromatic N) is 2. The van der Waals surface area contributed by atoms with Crippen molar-refractivity contribution in [1.82, 2.24) is 4.98 Å². The third-order valence-electron chi connectivity index (χ3n) is 5.57. The molecule has 0 N–H and O–H groups in total. The van der Waals surface area contributed by atoms with Crippen molar-refractivity contribution >= 4 is 39.1 Å². The summed E-state index contributed by atoms with van der Waals surface area (Å²) in [5.74, 6) is 0.0160. The van der Waals surface area contributed by atoms with Gasteiger partial charge in [0, 0.05) is 6.92 Å². The van der Waals surface area contributed by atoms with Gasteiger partial charge in [0.2, 0.25) is 5.76 Å². The average Bonchev–Trinajstić information content (AvgIpc) is 3.32. The van der Waals surface area contributed by atoms with Gasteiger partial charge in [-0.3, -0.25) is 19.3 Å². The summed E-state index contributed by atoms with van der Waals surface area (Å²) in [7, 11) is 0. The van der Waals surface area contributed by atoms with Crippen molar-refractivity contribution in [3.63, 3.8) is 0 Å². The summed E-state index contributed by atoms with van der Waals surface area (Å²) in [6.07, 6.45) is 0. The molecule has 7 nitrogen and oxygen atoms in total. The van der Waals surface area contributed by atoms with Crippen molar-refractivity contribution in [2.45, 2.75) is 26.8 Å². The fourth-order valence-electron chi connectivity index (χ4n) is 4.19. The molecule has 33 heavy (non-hydrogen) atoms. The molecule has 166 valence electrons. The summed E-state index contributed by atoms with van der Waals surface area (Å²) in [4.78, 5) is 45.7. The Hall–Kier alpha value is -3.78. The van der Waals surface area contributed by atoms with Crippen LogP contribution >= 0.6 is 11.3 Å². The van der Waals surface area contributed by atoms with E-state index in [1.54, 1.807) is 31.2 Å². The van der Waals surface area contributed by atoms with E-state index in [-0.39, 0.29) is 22.5 Å². The number of rotatable bonds is 5. The van der Waals surface area contributed by atoms with E-state index in [0.717, 1.165) is 11.3 Å². The number of anilines is 1. The van der Waals surface area contributed by atoms with E-state index in [9.17, 15) is 14.4 Å². The summed E-state index contributed by atoms with van der Waals surface area (Å²) in [6, 6.07) is 13.4. The molecule has 0 spiro atoms. The van der Waals surface area contributed by atoms with Gasteiger partial charge in [0.15, 0.2) is 16.3 Å². The Morgan fingerprint density at radius 2 is 1.97 bits per heavy atom. The highest BCUT2D eigenvalue weighted by atomic mass is 32.1. The van der Waals surface area contributed by atoms with Gasteiger partial charge >= 0.3 is 0 Å². The molecular formula is C25H20N2O5S. The second-order valence-electron chi connectivity index (χ2n) is 7.72. The van der Waals surface area contributed by atoms with Crippen LogP contribution in [0.2, 0.25) is 0 Å². The number of fused-ring (bicyclic) bond motifs is 2. The monoisotopic (exact) mass is 460 g/mol. The van der Waals surface area contributed by atoms with Gasteiger partial charge in [-0.15, -0.1) is 0 Å². The number of carbonyl (C=O) groups is 2. The molecule has 1 aliphatic heterocycles. The fraction of sp³-hybridized carbons (Fsp3) is 0.200.